The summed E-state index contributed by atoms with van der Waals surface area (Å²) in [6, 6.07) is 0. The summed E-state index contributed by atoms with van der Waals surface area (Å²) in [5.41, 5.74) is 0. The Bertz CT molecular complexity index is 229. The van der Waals surface area contributed by atoms with Crippen LogP contribution in [0.5, 0.6) is 0 Å². The molecule has 6 heteroatoms. The molecule has 108 valence electrons. The second kappa shape index (κ2) is 12.3. The van der Waals surface area contributed by atoms with E-state index in [0.717, 1.165) is 13.0 Å². The fraction of sp³-hybridized carbons (Fsp3) is 0.833. The number of aliphatic carboxylic acids is 1. The van der Waals surface area contributed by atoms with E-state index >= 15 is 0 Å². The molecule has 0 fully saturated rings. The van der Waals surface area contributed by atoms with Gasteiger partial charge in [0.05, 0.1) is 6.61 Å². The average molecular weight is 264 g/mol. The van der Waals surface area contributed by atoms with Crippen molar-refractivity contribution in [3.8, 4) is 0 Å². The molecule has 0 aliphatic rings. The highest BCUT2D eigenvalue weighted by Gasteiger charge is 2.06. The molecule has 0 rings (SSSR count). The Balaban J connectivity index is 0. The molecule has 0 spiro atoms. The van der Waals surface area contributed by atoms with Crippen molar-refractivity contribution < 1.29 is 28.9 Å². The van der Waals surface area contributed by atoms with Crippen molar-refractivity contribution in [1.82, 2.24) is 0 Å². The summed E-state index contributed by atoms with van der Waals surface area (Å²) >= 11 is 0. The van der Waals surface area contributed by atoms with Crippen molar-refractivity contribution in [3.63, 3.8) is 0 Å². The second-order valence-electron chi connectivity index (χ2n) is 3.71. The van der Waals surface area contributed by atoms with Crippen molar-refractivity contribution in [2.75, 3.05) is 20.3 Å². The van der Waals surface area contributed by atoms with Gasteiger partial charge in [-0.15, -0.1) is 0 Å². The van der Waals surface area contributed by atoms with Crippen molar-refractivity contribution >= 4 is 11.9 Å². The fourth-order valence-electron chi connectivity index (χ4n) is 0.812. The van der Waals surface area contributed by atoms with Crippen LogP contribution in [0, 0.1) is 0 Å². The van der Waals surface area contributed by atoms with Gasteiger partial charge >= 0.3 is 11.9 Å². The maximum Gasteiger partial charge on any atom is 0.332 e. The van der Waals surface area contributed by atoms with Crippen LogP contribution in [-0.4, -0.2) is 49.6 Å². The molecule has 6 nitrogen and oxygen atoms in total. The number of carboxylic acids is 1. The highest BCUT2D eigenvalue weighted by atomic mass is 16.6. The molecule has 0 aromatic rings. The van der Waals surface area contributed by atoms with Crippen LogP contribution in [0.1, 0.15) is 34.1 Å². The number of carbonyl (C=O) groups excluding carboxylic acids is 1. The third-order valence-electron chi connectivity index (χ3n) is 1.77. The minimum atomic E-state index is -0.928. The molecule has 0 saturated heterocycles. The number of hydrogen-bond acceptors (Lipinski definition) is 5. The molecular weight excluding hydrogens is 240 g/mol. The zero-order valence-electron chi connectivity index (χ0n) is 11.8. The van der Waals surface area contributed by atoms with E-state index in [1.165, 1.54) is 21.0 Å². The Hall–Kier alpha value is -1.14. The minimum Gasteiger partial charge on any atom is -0.479 e. The molecule has 0 bridgehead atoms. The summed E-state index contributed by atoms with van der Waals surface area (Å²) in [7, 11) is 1.36. The third-order valence-corrected chi connectivity index (χ3v) is 1.77. The average Bonchev–Trinajstić information content (AvgIpc) is 2.28. The zero-order valence-corrected chi connectivity index (χ0v) is 11.8. The molecule has 0 aromatic carbocycles. The summed E-state index contributed by atoms with van der Waals surface area (Å²) in [5, 5.41) is 8.06. The van der Waals surface area contributed by atoms with Crippen LogP contribution < -0.4 is 0 Å². The molecule has 0 saturated carbocycles. The van der Waals surface area contributed by atoms with Gasteiger partial charge in [0.25, 0.3) is 0 Å². The van der Waals surface area contributed by atoms with Gasteiger partial charge in [0.1, 0.15) is 6.10 Å². The Morgan fingerprint density at radius 2 is 1.83 bits per heavy atom. The lowest BCUT2D eigenvalue weighted by atomic mass is 10.4. The number of carbonyl (C=O) groups is 2. The molecule has 2 unspecified atom stereocenters. The maximum atomic E-state index is 10.4. The van der Waals surface area contributed by atoms with Crippen LogP contribution in [0.2, 0.25) is 0 Å². The van der Waals surface area contributed by atoms with E-state index in [-0.39, 0.29) is 12.1 Å². The minimum absolute atomic E-state index is 0.126. The summed E-state index contributed by atoms with van der Waals surface area (Å²) in [4.78, 5) is 20.2. The van der Waals surface area contributed by atoms with Gasteiger partial charge in [-0.2, -0.15) is 0 Å². The van der Waals surface area contributed by atoms with E-state index in [9.17, 15) is 9.59 Å². The number of esters is 1. The quantitative estimate of drug-likeness (QED) is 0.554. The molecule has 2 atom stereocenters. The smallest absolute Gasteiger partial charge is 0.332 e. The van der Waals surface area contributed by atoms with E-state index in [1.807, 2.05) is 13.8 Å². The maximum absolute atomic E-state index is 10.4. The summed E-state index contributed by atoms with van der Waals surface area (Å²) in [6.45, 7) is 7.95. The molecule has 0 aromatic heterocycles. The van der Waals surface area contributed by atoms with E-state index < -0.39 is 12.1 Å². The Kier molecular flexibility index (Phi) is 13.1. The number of rotatable bonds is 7. The van der Waals surface area contributed by atoms with Gasteiger partial charge in [-0.25, -0.2) is 4.79 Å². The van der Waals surface area contributed by atoms with Crippen molar-refractivity contribution in [1.29, 1.82) is 0 Å². The molecule has 0 aliphatic heterocycles. The predicted octanol–water partition coefficient (Wildman–Crippen LogP) is 1.47. The van der Waals surface area contributed by atoms with Crippen LogP contribution in [0.25, 0.3) is 0 Å². The first-order chi connectivity index (χ1) is 8.34. The third kappa shape index (κ3) is 14.9. The van der Waals surface area contributed by atoms with Gasteiger partial charge in [0.2, 0.25) is 0 Å². The Labute approximate surface area is 108 Å². The van der Waals surface area contributed by atoms with Crippen LogP contribution in [0.3, 0.4) is 0 Å². The largest absolute Gasteiger partial charge is 0.479 e. The van der Waals surface area contributed by atoms with Gasteiger partial charge in [0.15, 0.2) is 6.10 Å². The van der Waals surface area contributed by atoms with Gasteiger partial charge < -0.3 is 19.3 Å². The monoisotopic (exact) mass is 264 g/mol. The first kappa shape index (κ1) is 19.2. The zero-order chi connectivity index (χ0) is 14.6. The highest BCUT2D eigenvalue weighted by molar-refractivity contribution is 5.71. The van der Waals surface area contributed by atoms with Crippen molar-refractivity contribution in [3.05, 3.63) is 0 Å². The number of carboxylic acid groups (broad SMARTS) is 1. The molecular formula is C12H24O6. The van der Waals surface area contributed by atoms with Gasteiger partial charge in [-0.3, -0.25) is 4.79 Å². The van der Waals surface area contributed by atoms with Gasteiger partial charge in [0, 0.05) is 20.6 Å². The van der Waals surface area contributed by atoms with Crippen molar-refractivity contribution in [2.24, 2.45) is 0 Å². The number of hydrogen-bond donors (Lipinski definition) is 1. The predicted molar refractivity (Wildman–Crippen MR) is 66.4 cm³/mol. The molecule has 18 heavy (non-hydrogen) atoms. The summed E-state index contributed by atoms with van der Waals surface area (Å²) in [5.74, 6) is -1.18. The lowest BCUT2D eigenvalue weighted by Crippen LogP contribution is -2.18. The summed E-state index contributed by atoms with van der Waals surface area (Å²) < 4.78 is 14.4. The molecule has 0 amide bonds. The topological polar surface area (TPSA) is 82.1 Å². The van der Waals surface area contributed by atoms with E-state index in [4.69, 9.17) is 14.6 Å². The number of ether oxygens (including phenoxy) is 3. The molecule has 0 radical (unpaired) electrons. The van der Waals surface area contributed by atoms with Crippen LogP contribution in [-0.2, 0) is 23.8 Å². The molecule has 0 heterocycles. The van der Waals surface area contributed by atoms with Crippen molar-refractivity contribution in [2.45, 2.75) is 46.3 Å². The van der Waals surface area contributed by atoms with Gasteiger partial charge in [-0.1, -0.05) is 6.92 Å². The Morgan fingerprint density at radius 1 is 1.28 bits per heavy atom. The SMILES string of the molecule is CCCOCC(C)OC(C)=O.COC(C)C(=O)O. The van der Waals surface area contributed by atoms with E-state index in [2.05, 4.69) is 4.74 Å². The van der Waals surface area contributed by atoms with E-state index in [0.29, 0.717) is 6.61 Å². The lowest BCUT2D eigenvalue weighted by Gasteiger charge is -2.11. The first-order valence-electron chi connectivity index (χ1n) is 5.85. The lowest BCUT2D eigenvalue weighted by molar-refractivity contribution is -0.148. The highest BCUT2D eigenvalue weighted by Crippen LogP contribution is 1.92. The van der Waals surface area contributed by atoms with Crippen LogP contribution in [0.4, 0.5) is 0 Å². The molecule has 0 aliphatic carbocycles. The number of methoxy groups -OCH3 is 1. The molecule has 1 N–H and O–H groups in total. The normalized spacial score (nSPS) is 12.9. The Morgan fingerprint density at radius 3 is 2.11 bits per heavy atom. The van der Waals surface area contributed by atoms with Crippen LogP contribution >= 0.6 is 0 Å². The fourth-order valence-corrected chi connectivity index (χ4v) is 0.812. The van der Waals surface area contributed by atoms with E-state index in [1.54, 1.807) is 0 Å². The summed E-state index contributed by atoms with van der Waals surface area (Å²) in [6.07, 6.45) is 0.186. The second-order valence-corrected chi connectivity index (χ2v) is 3.71. The van der Waals surface area contributed by atoms with Gasteiger partial charge in [-0.05, 0) is 20.3 Å². The first-order valence-corrected chi connectivity index (χ1v) is 5.85. The van der Waals surface area contributed by atoms with Crippen LogP contribution in [0.15, 0.2) is 0 Å². The standard InChI is InChI=1S/C8H16O3.C4H8O3/c1-4-5-10-6-7(2)11-8(3)9;1-3(7-2)4(5)6/h7H,4-6H2,1-3H3;3H,1-2H3,(H,5,6).